The molecule has 0 saturated heterocycles. The van der Waals surface area contributed by atoms with Crippen molar-refractivity contribution in [3.05, 3.63) is 29.5 Å². The lowest BCUT2D eigenvalue weighted by Gasteiger charge is -1.99. The van der Waals surface area contributed by atoms with Gasteiger partial charge in [-0.25, -0.2) is 0 Å². The number of H-pyrrole nitrogens is 1. The van der Waals surface area contributed by atoms with Crippen LogP contribution in [0.5, 0.6) is 5.75 Å². The number of nitrogens with zero attached hydrogens (tertiary/aromatic N) is 1. The van der Waals surface area contributed by atoms with E-state index in [9.17, 15) is 5.11 Å². The van der Waals surface area contributed by atoms with E-state index in [2.05, 4.69) is 4.98 Å². The van der Waals surface area contributed by atoms with Gasteiger partial charge in [0, 0.05) is 6.20 Å². The average molecular weight is 172 g/mol. The SMILES string of the molecule is Cc1ccc2[nH]cc(C#N)c2c1O. The summed E-state index contributed by atoms with van der Waals surface area (Å²) in [4.78, 5) is 2.92. The second-order valence-electron chi connectivity index (χ2n) is 2.97. The number of aromatic nitrogens is 1. The molecule has 0 atom stereocenters. The van der Waals surface area contributed by atoms with Crippen LogP contribution in [-0.4, -0.2) is 10.1 Å². The summed E-state index contributed by atoms with van der Waals surface area (Å²) in [5.41, 5.74) is 2.06. The van der Waals surface area contributed by atoms with Gasteiger partial charge in [-0.05, 0) is 18.6 Å². The van der Waals surface area contributed by atoms with Crippen LogP contribution < -0.4 is 0 Å². The van der Waals surface area contributed by atoms with Gasteiger partial charge in [-0.15, -0.1) is 0 Å². The molecule has 2 aromatic rings. The molecule has 0 radical (unpaired) electrons. The number of aromatic hydroxyl groups is 1. The van der Waals surface area contributed by atoms with Crippen LogP contribution in [0.4, 0.5) is 0 Å². The van der Waals surface area contributed by atoms with Gasteiger partial charge in [0.25, 0.3) is 0 Å². The predicted octanol–water partition coefficient (Wildman–Crippen LogP) is 2.05. The van der Waals surface area contributed by atoms with E-state index in [0.29, 0.717) is 10.9 Å². The lowest BCUT2D eigenvalue weighted by atomic mass is 10.1. The van der Waals surface area contributed by atoms with Crippen molar-refractivity contribution in [3.63, 3.8) is 0 Å². The van der Waals surface area contributed by atoms with Gasteiger partial charge >= 0.3 is 0 Å². The maximum Gasteiger partial charge on any atom is 0.129 e. The zero-order valence-corrected chi connectivity index (χ0v) is 7.13. The molecule has 1 heterocycles. The quantitative estimate of drug-likeness (QED) is 0.638. The summed E-state index contributed by atoms with van der Waals surface area (Å²) in [6.07, 6.45) is 1.60. The summed E-state index contributed by atoms with van der Waals surface area (Å²) in [5.74, 6) is 0.190. The molecule has 0 bridgehead atoms. The Hall–Kier alpha value is -1.95. The first-order valence-corrected chi connectivity index (χ1v) is 3.94. The van der Waals surface area contributed by atoms with Crippen molar-refractivity contribution in [3.8, 4) is 11.8 Å². The molecule has 0 amide bonds. The first kappa shape index (κ1) is 7.69. The first-order valence-electron chi connectivity index (χ1n) is 3.94. The third-order valence-corrected chi connectivity index (χ3v) is 2.14. The van der Waals surface area contributed by atoms with Crippen LogP contribution in [0.2, 0.25) is 0 Å². The van der Waals surface area contributed by atoms with Crippen molar-refractivity contribution >= 4 is 10.9 Å². The number of aromatic amines is 1. The first-order chi connectivity index (χ1) is 6.24. The van der Waals surface area contributed by atoms with Crippen molar-refractivity contribution < 1.29 is 5.11 Å². The van der Waals surface area contributed by atoms with Crippen molar-refractivity contribution in [1.82, 2.24) is 4.98 Å². The smallest absolute Gasteiger partial charge is 0.129 e. The molecule has 2 N–H and O–H groups in total. The van der Waals surface area contributed by atoms with Crippen LogP contribution in [0, 0.1) is 18.3 Å². The highest BCUT2D eigenvalue weighted by atomic mass is 16.3. The van der Waals surface area contributed by atoms with Crippen LogP contribution in [0.15, 0.2) is 18.3 Å². The van der Waals surface area contributed by atoms with E-state index >= 15 is 0 Å². The Labute approximate surface area is 75.2 Å². The molecular formula is C10H8N2O. The summed E-state index contributed by atoms with van der Waals surface area (Å²) in [6.45, 7) is 1.81. The summed E-state index contributed by atoms with van der Waals surface area (Å²) in [5, 5.41) is 19.1. The van der Waals surface area contributed by atoms with Gasteiger partial charge in [-0.3, -0.25) is 0 Å². The molecule has 0 aliphatic rings. The highest BCUT2D eigenvalue weighted by Gasteiger charge is 2.08. The number of nitrogens with one attached hydrogen (secondary N) is 1. The van der Waals surface area contributed by atoms with Crippen LogP contribution in [0.3, 0.4) is 0 Å². The molecule has 0 fully saturated rings. The van der Waals surface area contributed by atoms with E-state index in [-0.39, 0.29) is 5.75 Å². The molecule has 2 rings (SSSR count). The fourth-order valence-corrected chi connectivity index (χ4v) is 1.40. The van der Waals surface area contributed by atoms with Gasteiger partial charge in [-0.2, -0.15) is 5.26 Å². The second kappa shape index (κ2) is 2.53. The Kier molecular flexibility index (Phi) is 1.49. The van der Waals surface area contributed by atoms with E-state index in [1.807, 2.05) is 25.1 Å². The molecule has 0 aliphatic heterocycles. The van der Waals surface area contributed by atoms with Gasteiger partial charge in [0.2, 0.25) is 0 Å². The van der Waals surface area contributed by atoms with Crippen molar-refractivity contribution in [2.24, 2.45) is 0 Å². The molecule has 64 valence electrons. The number of hydrogen-bond acceptors (Lipinski definition) is 2. The van der Waals surface area contributed by atoms with E-state index in [0.717, 1.165) is 11.1 Å². The number of nitriles is 1. The maximum atomic E-state index is 9.69. The maximum absolute atomic E-state index is 9.69. The summed E-state index contributed by atoms with van der Waals surface area (Å²) < 4.78 is 0. The molecule has 3 heteroatoms. The van der Waals surface area contributed by atoms with Crippen LogP contribution in [0.25, 0.3) is 10.9 Å². The third-order valence-electron chi connectivity index (χ3n) is 2.14. The normalized spacial score (nSPS) is 10.2. The van der Waals surface area contributed by atoms with Crippen LogP contribution >= 0.6 is 0 Å². The lowest BCUT2D eigenvalue weighted by Crippen LogP contribution is -1.77. The summed E-state index contributed by atoms with van der Waals surface area (Å²) in [7, 11) is 0. The van der Waals surface area contributed by atoms with Crippen molar-refractivity contribution in [2.75, 3.05) is 0 Å². The topological polar surface area (TPSA) is 59.8 Å². The number of phenols is 1. The molecular weight excluding hydrogens is 164 g/mol. The fourth-order valence-electron chi connectivity index (χ4n) is 1.40. The Morgan fingerprint density at radius 2 is 2.23 bits per heavy atom. The molecule has 0 spiro atoms. The number of benzene rings is 1. The minimum Gasteiger partial charge on any atom is -0.507 e. The number of aryl methyl sites for hydroxylation is 1. The molecule has 1 aromatic carbocycles. The Morgan fingerprint density at radius 1 is 1.46 bits per heavy atom. The van der Waals surface area contributed by atoms with Gasteiger partial charge in [0.15, 0.2) is 0 Å². The molecule has 0 saturated carbocycles. The monoisotopic (exact) mass is 172 g/mol. The molecule has 0 unspecified atom stereocenters. The predicted molar refractivity (Wildman–Crippen MR) is 49.4 cm³/mol. The van der Waals surface area contributed by atoms with Crippen molar-refractivity contribution in [1.29, 1.82) is 5.26 Å². The van der Waals surface area contributed by atoms with E-state index in [1.165, 1.54) is 0 Å². The number of rotatable bonds is 0. The molecule has 0 aliphatic carbocycles. The zero-order chi connectivity index (χ0) is 9.42. The Bertz CT molecular complexity index is 505. The average Bonchev–Trinajstić information content (AvgIpc) is 2.55. The fraction of sp³-hybridized carbons (Fsp3) is 0.100. The highest BCUT2D eigenvalue weighted by molar-refractivity contribution is 5.92. The van der Waals surface area contributed by atoms with Crippen molar-refractivity contribution in [2.45, 2.75) is 6.92 Å². The number of phenolic OH excluding ortho intramolecular Hbond substituents is 1. The lowest BCUT2D eigenvalue weighted by molar-refractivity contribution is 0.477. The van der Waals surface area contributed by atoms with Gasteiger partial charge in [-0.1, -0.05) is 6.07 Å². The highest BCUT2D eigenvalue weighted by Crippen LogP contribution is 2.30. The van der Waals surface area contributed by atoms with Gasteiger partial charge in [0.05, 0.1) is 16.5 Å². The Morgan fingerprint density at radius 3 is 2.92 bits per heavy atom. The summed E-state index contributed by atoms with van der Waals surface area (Å²) >= 11 is 0. The molecule has 1 aromatic heterocycles. The second-order valence-corrected chi connectivity index (χ2v) is 2.97. The van der Waals surface area contributed by atoms with Gasteiger partial charge < -0.3 is 10.1 Å². The largest absolute Gasteiger partial charge is 0.507 e. The molecule has 3 nitrogen and oxygen atoms in total. The molecule has 13 heavy (non-hydrogen) atoms. The zero-order valence-electron chi connectivity index (χ0n) is 7.13. The third kappa shape index (κ3) is 0.960. The van der Waals surface area contributed by atoms with E-state index in [4.69, 9.17) is 5.26 Å². The van der Waals surface area contributed by atoms with Crippen LogP contribution in [-0.2, 0) is 0 Å². The summed E-state index contributed by atoms with van der Waals surface area (Å²) in [6, 6.07) is 5.69. The standard InChI is InChI=1S/C10H8N2O/c1-6-2-3-8-9(10(6)13)7(4-11)5-12-8/h2-3,5,12-13H,1H3. The van der Waals surface area contributed by atoms with E-state index < -0.39 is 0 Å². The minimum absolute atomic E-state index is 0.190. The van der Waals surface area contributed by atoms with Gasteiger partial charge in [0.1, 0.15) is 11.8 Å². The number of fused-ring (bicyclic) bond motifs is 1. The Balaban J connectivity index is 2.95. The number of hydrogen-bond donors (Lipinski definition) is 2. The van der Waals surface area contributed by atoms with Crippen LogP contribution in [0.1, 0.15) is 11.1 Å². The van der Waals surface area contributed by atoms with E-state index in [1.54, 1.807) is 6.20 Å². The minimum atomic E-state index is 0.190.